The molecule has 0 aromatic rings. The number of carbonyl (C=O) groups is 2. The number of esters is 1. The molecule has 6 nitrogen and oxygen atoms in total. The Morgan fingerprint density at radius 1 is 0.341 bits per heavy atom. The van der Waals surface area contributed by atoms with Crippen LogP contribution in [0.25, 0.3) is 0 Å². The van der Waals surface area contributed by atoms with E-state index >= 15 is 0 Å². The summed E-state index contributed by atoms with van der Waals surface area (Å²) in [6.07, 6.45) is 92.1. The van der Waals surface area contributed by atoms with Gasteiger partial charge in [-0.05, 0) is 83.5 Å². The molecule has 0 bridgehead atoms. The number of carbonyl (C=O) groups excluding carboxylic acids is 2. The van der Waals surface area contributed by atoms with Gasteiger partial charge in [0.25, 0.3) is 0 Å². The largest absolute Gasteiger partial charge is 0.466 e. The zero-order valence-corrected chi connectivity index (χ0v) is 55.5. The summed E-state index contributed by atoms with van der Waals surface area (Å²) in [7, 11) is 0. The molecule has 484 valence electrons. The van der Waals surface area contributed by atoms with E-state index < -0.39 is 12.1 Å². The van der Waals surface area contributed by atoms with Gasteiger partial charge in [0.2, 0.25) is 5.91 Å². The van der Waals surface area contributed by atoms with Gasteiger partial charge in [0.1, 0.15) is 0 Å². The van der Waals surface area contributed by atoms with Crippen molar-refractivity contribution in [3.8, 4) is 0 Å². The highest BCUT2D eigenvalue weighted by Crippen LogP contribution is 2.19. The summed E-state index contributed by atoms with van der Waals surface area (Å²) in [6.45, 7) is 4.96. The highest BCUT2D eigenvalue weighted by molar-refractivity contribution is 5.76. The zero-order valence-electron chi connectivity index (χ0n) is 55.5. The highest BCUT2D eigenvalue weighted by Gasteiger charge is 2.20. The van der Waals surface area contributed by atoms with Crippen molar-refractivity contribution in [1.82, 2.24) is 5.32 Å². The van der Waals surface area contributed by atoms with Gasteiger partial charge < -0.3 is 20.3 Å². The van der Waals surface area contributed by atoms with Crippen molar-refractivity contribution >= 4 is 11.9 Å². The van der Waals surface area contributed by atoms with Crippen molar-refractivity contribution in [2.45, 2.75) is 424 Å². The van der Waals surface area contributed by atoms with E-state index in [4.69, 9.17) is 4.74 Å². The number of hydrogen-bond acceptors (Lipinski definition) is 5. The molecule has 3 N–H and O–H groups in total. The van der Waals surface area contributed by atoms with Crippen molar-refractivity contribution in [2.24, 2.45) is 0 Å². The summed E-state index contributed by atoms with van der Waals surface area (Å²) in [5, 5.41) is 23.4. The molecule has 0 rings (SSSR count). The topological polar surface area (TPSA) is 95.9 Å². The fourth-order valence-corrected chi connectivity index (χ4v) is 11.7. The fourth-order valence-electron chi connectivity index (χ4n) is 11.7. The number of allylic oxidation sites excluding steroid dienone is 6. The van der Waals surface area contributed by atoms with E-state index in [-0.39, 0.29) is 18.5 Å². The molecule has 0 aromatic carbocycles. The summed E-state index contributed by atoms with van der Waals surface area (Å²) >= 11 is 0. The van der Waals surface area contributed by atoms with Crippen molar-refractivity contribution in [2.75, 3.05) is 13.2 Å². The molecule has 6 heteroatoms. The first kappa shape index (κ1) is 80.1. The average Bonchev–Trinajstić information content (AvgIpc) is 3.48. The Kier molecular flexibility index (Phi) is 69.9. The van der Waals surface area contributed by atoms with Crippen LogP contribution in [0.15, 0.2) is 36.5 Å². The second-order valence-electron chi connectivity index (χ2n) is 25.6. The summed E-state index contributed by atoms with van der Waals surface area (Å²) in [5.41, 5.74) is 0. The van der Waals surface area contributed by atoms with Crippen LogP contribution in [0.2, 0.25) is 0 Å². The van der Waals surface area contributed by atoms with Crippen molar-refractivity contribution in [3.63, 3.8) is 0 Å². The molecule has 0 fully saturated rings. The highest BCUT2D eigenvalue weighted by atomic mass is 16.5. The second-order valence-corrected chi connectivity index (χ2v) is 25.6. The summed E-state index contributed by atoms with van der Waals surface area (Å²) in [5.74, 6) is -0.0230. The first-order valence-corrected chi connectivity index (χ1v) is 37.2. The molecule has 0 aliphatic carbocycles. The van der Waals surface area contributed by atoms with Crippen LogP contribution in [0.5, 0.6) is 0 Å². The van der Waals surface area contributed by atoms with Crippen LogP contribution in [0.3, 0.4) is 0 Å². The Labute approximate surface area is 513 Å². The van der Waals surface area contributed by atoms with E-state index in [0.717, 1.165) is 51.4 Å². The molecule has 0 saturated heterocycles. The lowest BCUT2D eigenvalue weighted by Gasteiger charge is -2.22. The number of ether oxygens (including phenoxy) is 1. The maximum Gasteiger partial charge on any atom is 0.305 e. The van der Waals surface area contributed by atoms with Gasteiger partial charge in [-0.1, -0.05) is 352 Å². The van der Waals surface area contributed by atoms with Gasteiger partial charge in [0.05, 0.1) is 25.4 Å². The van der Waals surface area contributed by atoms with E-state index in [2.05, 4.69) is 55.6 Å². The number of nitrogens with one attached hydrogen (secondary N) is 1. The lowest BCUT2D eigenvalue weighted by molar-refractivity contribution is -0.143. The fraction of sp³-hybridized carbons (Fsp3) is 0.895. The summed E-state index contributed by atoms with van der Waals surface area (Å²) < 4.78 is 5.49. The molecule has 2 atom stereocenters. The molecule has 0 aliphatic rings. The molecule has 0 saturated carbocycles. The van der Waals surface area contributed by atoms with Gasteiger partial charge in [-0.3, -0.25) is 9.59 Å². The van der Waals surface area contributed by atoms with E-state index in [1.165, 1.54) is 327 Å². The van der Waals surface area contributed by atoms with E-state index in [1.54, 1.807) is 0 Å². The first-order valence-electron chi connectivity index (χ1n) is 37.2. The van der Waals surface area contributed by atoms with Crippen LogP contribution >= 0.6 is 0 Å². The minimum Gasteiger partial charge on any atom is -0.466 e. The molecule has 0 heterocycles. The lowest BCUT2D eigenvalue weighted by atomic mass is 10.0. The Hall–Kier alpha value is -1.92. The number of amides is 1. The Morgan fingerprint density at radius 2 is 0.610 bits per heavy atom. The summed E-state index contributed by atoms with van der Waals surface area (Å²) in [6, 6.07) is -0.539. The number of aliphatic hydroxyl groups is 2. The third-order valence-electron chi connectivity index (χ3n) is 17.4. The minimum atomic E-state index is -0.662. The molecule has 2 unspecified atom stereocenters. The third kappa shape index (κ3) is 67.2. The SMILES string of the molecule is CCCCCC/C=C\C/C=C\CCCCCCCC(=O)OCCCCCCCCCCCCCC/C=C\CCCCCCCCCCCCCCCCCCCC(=O)NC(CO)C(O)CCCCCCCCCCCCCCCCCC. The van der Waals surface area contributed by atoms with E-state index in [9.17, 15) is 19.8 Å². The second kappa shape index (κ2) is 71.6. The predicted molar refractivity (Wildman–Crippen MR) is 361 cm³/mol. The predicted octanol–water partition coefficient (Wildman–Crippen LogP) is 24.3. The number of aliphatic hydroxyl groups excluding tert-OH is 2. The molecule has 0 aromatic heterocycles. The lowest BCUT2D eigenvalue weighted by Crippen LogP contribution is -2.45. The van der Waals surface area contributed by atoms with Crippen molar-refractivity contribution in [1.29, 1.82) is 0 Å². The van der Waals surface area contributed by atoms with Crippen LogP contribution in [-0.4, -0.2) is 47.4 Å². The molecular weight excluding hydrogens is 1010 g/mol. The Bertz CT molecular complexity index is 1330. The molecule has 0 spiro atoms. The zero-order chi connectivity index (χ0) is 59.2. The standard InChI is InChI=1S/C76H145NO5/c1-3-5-7-9-11-13-15-17-19-40-44-48-52-56-60-64-68-74(79)73(72-78)77-75(80)69-65-61-57-53-49-45-41-38-36-34-32-30-28-26-24-22-21-23-25-27-29-31-33-35-37-39-43-47-51-55-59-63-67-71-82-76(81)70-66-62-58-54-50-46-42-20-18-16-14-12-10-8-6-4-2/h14,16,20,25,27,42,73-74,78-79H,3-13,15,17-19,21-24,26,28-41,43-72H2,1-2H3,(H,77,80)/b16-14-,27-25-,42-20-. The smallest absolute Gasteiger partial charge is 0.305 e. The number of rotatable bonds is 70. The minimum absolute atomic E-state index is 0.00567. The number of hydrogen-bond donors (Lipinski definition) is 3. The number of unbranched alkanes of at least 4 members (excludes halogenated alkanes) is 53. The van der Waals surface area contributed by atoms with Gasteiger partial charge >= 0.3 is 5.97 Å². The quantitative estimate of drug-likeness (QED) is 0.0320. The third-order valence-corrected chi connectivity index (χ3v) is 17.4. The maximum absolute atomic E-state index is 12.5. The van der Waals surface area contributed by atoms with Gasteiger partial charge in [-0.15, -0.1) is 0 Å². The molecular formula is C76H145NO5. The van der Waals surface area contributed by atoms with E-state index in [1.807, 2.05) is 0 Å². The monoisotopic (exact) mass is 1150 g/mol. The van der Waals surface area contributed by atoms with Crippen molar-refractivity contribution in [3.05, 3.63) is 36.5 Å². The molecule has 0 aliphatic heterocycles. The first-order chi connectivity index (χ1) is 40.5. The Morgan fingerprint density at radius 3 is 0.951 bits per heavy atom. The van der Waals surface area contributed by atoms with Gasteiger partial charge in [-0.2, -0.15) is 0 Å². The average molecular weight is 1150 g/mol. The van der Waals surface area contributed by atoms with Crippen LogP contribution in [0.1, 0.15) is 412 Å². The maximum atomic E-state index is 12.5. The van der Waals surface area contributed by atoms with E-state index in [0.29, 0.717) is 25.9 Å². The van der Waals surface area contributed by atoms with Crippen LogP contribution < -0.4 is 5.32 Å². The summed E-state index contributed by atoms with van der Waals surface area (Å²) in [4.78, 5) is 24.6. The van der Waals surface area contributed by atoms with Gasteiger partial charge in [0, 0.05) is 12.8 Å². The molecule has 82 heavy (non-hydrogen) atoms. The Balaban J connectivity index is 3.35. The van der Waals surface area contributed by atoms with Crippen LogP contribution in [-0.2, 0) is 14.3 Å². The van der Waals surface area contributed by atoms with Crippen LogP contribution in [0.4, 0.5) is 0 Å². The molecule has 1 amide bonds. The van der Waals surface area contributed by atoms with Gasteiger partial charge in [0.15, 0.2) is 0 Å². The normalized spacial score (nSPS) is 12.7. The molecule has 0 radical (unpaired) electrons. The van der Waals surface area contributed by atoms with Crippen molar-refractivity contribution < 1.29 is 24.5 Å². The van der Waals surface area contributed by atoms with Gasteiger partial charge in [-0.25, -0.2) is 0 Å². The van der Waals surface area contributed by atoms with Crippen LogP contribution in [0, 0.1) is 0 Å².